The molecule has 34 heavy (non-hydrogen) atoms. The molecule has 0 aromatic heterocycles. The van der Waals surface area contributed by atoms with E-state index in [0.29, 0.717) is 30.8 Å². The summed E-state index contributed by atoms with van der Waals surface area (Å²) in [4.78, 5) is 15.6. The van der Waals surface area contributed by atoms with Gasteiger partial charge in [0.15, 0.2) is 0 Å². The highest BCUT2D eigenvalue weighted by Crippen LogP contribution is 2.24. The van der Waals surface area contributed by atoms with Crippen molar-refractivity contribution in [3.05, 3.63) is 64.7 Å². The Balaban J connectivity index is 1.38. The summed E-state index contributed by atoms with van der Waals surface area (Å²) in [5.41, 5.74) is 3.37. The Hall–Kier alpha value is -2.22. The standard InChI is InChI=1S/C27H37N3O3S/c1-22-9-14-25(19-26(22)34(32,33)30-17-7-2-3-8-18-30)27(31)28-20-23-10-12-24(13-11-23)21-29-15-5-4-6-16-29/h9-14,19H,2-8,15-18,20-21H2,1H3,(H,28,31). The molecule has 0 radical (unpaired) electrons. The van der Waals surface area contributed by atoms with E-state index in [1.54, 1.807) is 23.4 Å². The van der Waals surface area contributed by atoms with Crippen molar-refractivity contribution in [2.45, 2.75) is 69.9 Å². The van der Waals surface area contributed by atoms with Gasteiger partial charge in [0, 0.05) is 31.7 Å². The molecule has 0 saturated carbocycles. The van der Waals surface area contributed by atoms with Crippen molar-refractivity contribution >= 4 is 15.9 Å². The van der Waals surface area contributed by atoms with Gasteiger partial charge in [-0.05, 0) is 74.5 Å². The van der Waals surface area contributed by atoms with E-state index in [0.717, 1.165) is 37.8 Å². The third-order valence-electron chi connectivity index (χ3n) is 6.96. The molecule has 184 valence electrons. The summed E-state index contributed by atoms with van der Waals surface area (Å²) < 4.78 is 28.1. The zero-order chi connectivity index (χ0) is 24.0. The first-order chi connectivity index (χ1) is 16.4. The number of carbonyl (C=O) groups is 1. The first-order valence-electron chi connectivity index (χ1n) is 12.6. The minimum Gasteiger partial charge on any atom is -0.348 e. The molecule has 2 fully saturated rings. The lowest BCUT2D eigenvalue weighted by Gasteiger charge is -2.26. The quantitative estimate of drug-likeness (QED) is 0.631. The van der Waals surface area contributed by atoms with Crippen molar-refractivity contribution in [2.24, 2.45) is 0 Å². The van der Waals surface area contributed by atoms with Gasteiger partial charge >= 0.3 is 0 Å². The van der Waals surface area contributed by atoms with Gasteiger partial charge in [0.1, 0.15) is 0 Å². The molecule has 1 N–H and O–H groups in total. The van der Waals surface area contributed by atoms with E-state index in [9.17, 15) is 13.2 Å². The summed E-state index contributed by atoms with van der Waals surface area (Å²) in [6.45, 7) is 6.61. The minimum absolute atomic E-state index is 0.240. The number of piperidine rings is 1. The molecular formula is C27H37N3O3S. The van der Waals surface area contributed by atoms with Crippen LogP contribution in [0, 0.1) is 6.92 Å². The topological polar surface area (TPSA) is 69.7 Å². The minimum atomic E-state index is -3.61. The Morgan fingerprint density at radius 3 is 2.09 bits per heavy atom. The predicted molar refractivity (Wildman–Crippen MR) is 135 cm³/mol. The van der Waals surface area contributed by atoms with Gasteiger partial charge in [-0.2, -0.15) is 4.31 Å². The van der Waals surface area contributed by atoms with E-state index >= 15 is 0 Å². The SMILES string of the molecule is Cc1ccc(C(=O)NCc2ccc(CN3CCCCC3)cc2)cc1S(=O)(=O)N1CCCCCC1. The van der Waals surface area contributed by atoms with Gasteiger partial charge in [-0.25, -0.2) is 8.42 Å². The molecule has 4 rings (SSSR count). The van der Waals surface area contributed by atoms with Gasteiger partial charge in [-0.15, -0.1) is 0 Å². The van der Waals surface area contributed by atoms with Crippen LogP contribution < -0.4 is 5.32 Å². The number of hydrogen-bond donors (Lipinski definition) is 1. The maximum Gasteiger partial charge on any atom is 0.251 e. The fraction of sp³-hybridized carbons (Fsp3) is 0.519. The Bertz CT molecular complexity index is 1070. The Kier molecular flexibility index (Phi) is 8.40. The monoisotopic (exact) mass is 483 g/mol. The first-order valence-corrected chi connectivity index (χ1v) is 14.1. The molecule has 0 atom stereocenters. The highest BCUT2D eigenvalue weighted by Gasteiger charge is 2.27. The predicted octanol–water partition coefficient (Wildman–Crippen LogP) is 4.48. The zero-order valence-corrected chi connectivity index (χ0v) is 21.1. The number of hydrogen-bond acceptors (Lipinski definition) is 4. The smallest absolute Gasteiger partial charge is 0.251 e. The van der Waals surface area contributed by atoms with Crippen molar-refractivity contribution in [2.75, 3.05) is 26.2 Å². The fourth-order valence-electron chi connectivity index (χ4n) is 4.86. The van der Waals surface area contributed by atoms with Crippen LogP contribution in [0.25, 0.3) is 0 Å². The molecule has 2 heterocycles. The maximum atomic E-state index is 13.3. The van der Waals surface area contributed by atoms with Crippen molar-refractivity contribution in [3.63, 3.8) is 0 Å². The Morgan fingerprint density at radius 2 is 1.41 bits per heavy atom. The molecule has 7 heteroatoms. The van der Waals surface area contributed by atoms with Crippen molar-refractivity contribution in [1.29, 1.82) is 0 Å². The number of sulfonamides is 1. The van der Waals surface area contributed by atoms with E-state index in [2.05, 4.69) is 34.5 Å². The number of nitrogens with zero attached hydrogens (tertiary/aromatic N) is 2. The lowest BCUT2D eigenvalue weighted by Crippen LogP contribution is -2.32. The molecule has 2 aliphatic rings. The van der Waals surface area contributed by atoms with Gasteiger partial charge in [0.05, 0.1) is 4.90 Å². The Labute approximate surface area is 204 Å². The summed E-state index contributed by atoms with van der Waals surface area (Å²) in [7, 11) is -3.61. The molecular weight excluding hydrogens is 446 g/mol. The molecule has 0 bridgehead atoms. The summed E-state index contributed by atoms with van der Waals surface area (Å²) in [6, 6.07) is 13.4. The van der Waals surface area contributed by atoms with Crippen LogP contribution in [-0.2, 0) is 23.1 Å². The van der Waals surface area contributed by atoms with E-state index < -0.39 is 10.0 Å². The molecule has 2 aliphatic heterocycles. The number of nitrogens with one attached hydrogen (secondary N) is 1. The zero-order valence-electron chi connectivity index (χ0n) is 20.3. The van der Waals surface area contributed by atoms with Gasteiger partial charge in [-0.3, -0.25) is 9.69 Å². The summed E-state index contributed by atoms with van der Waals surface area (Å²) in [6.07, 6.45) is 7.79. The average Bonchev–Trinajstić information content (AvgIpc) is 3.15. The van der Waals surface area contributed by atoms with Crippen molar-refractivity contribution in [1.82, 2.24) is 14.5 Å². The van der Waals surface area contributed by atoms with Crippen LogP contribution in [-0.4, -0.2) is 49.7 Å². The molecule has 2 aromatic carbocycles. The lowest BCUT2D eigenvalue weighted by molar-refractivity contribution is 0.0950. The van der Waals surface area contributed by atoms with Gasteiger partial charge in [0.2, 0.25) is 10.0 Å². The number of rotatable bonds is 7. The van der Waals surface area contributed by atoms with Crippen LogP contribution in [0.4, 0.5) is 0 Å². The van der Waals surface area contributed by atoms with Crippen LogP contribution in [0.5, 0.6) is 0 Å². The first kappa shape index (κ1) is 24.9. The molecule has 0 aliphatic carbocycles. The third-order valence-corrected chi connectivity index (χ3v) is 9.00. The summed E-state index contributed by atoms with van der Waals surface area (Å²) >= 11 is 0. The lowest BCUT2D eigenvalue weighted by atomic mass is 10.1. The largest absolute Gasteiger partial charge is 0.348 e. The molecule has 2 aromatic rings. The van der Waals surface area contributed by atoms with Crippen LogP contribution >= 0.6 is 0 Å². The third kappa shape index (κ3) is 6.26. The van der Waals surface area contributed by atoms with E-state index in [-0.39, 0.29) is 10.8 Å². The average molecular weight is 484 g/mol. The number of benzene rings is 2. The van der Waals surface area contributed by atoms with Crippen molar-refractivity contribution in [3.8, 4) is 0 Å². The van der Waals surface area contributed by atoms with E-state index in [4.69, 9.17) is 0 Å². The molecule has 1 amide bonds. The Morgan fingerprint density at radius 1 is 0.824 bits per heavy atom. The van der Waals surface area contributed by atoms with Crippen LogP contribution in [0.3, 0.4) is 0 Å². The molecule has 6 nitrogen and oxygen atoms in total. The van der Waals surface area contributed by atoms with Gasteiger partial charge in [-0.1, -0.05) is 49.6 Å². The van der Waals surface area contributed by atoms with Crippen molar-refractivity contribution < 1.29 is 13.2 Å². The molecule has 0 unspecified atom stereocenters. The van der Waals surface area contributed by atoms with Gasteiger partial charge < -0.3 is 5.32 Å². The highest BCUT2D eigenvalue weighted by molar-refractivity contribution is 7.89. The van der Waals surface area contributed by atoms with Crippen LogP contribution in [0.15, 0.2) is 47.4 Å². The van der Waals surface area contributed by atoms with E-state index in [1.165, 1.54) is 44.0 Å². The second kappa shape index (κ2) is 11.5. The summed E-state index contributed by atoms with van der Waals surface area (Å²) in [5.74, 6) is -0.260. The summed E-state index contributed by atoms with van der Waals surface area (Å²) in [5, 5.41) is 2.95. The number of aryl methyl sites for hydroxylation is 1. The maximum absolute atomic E-state index is 13.3. The van der Waals surface area contributed by atoms with Crippen LogP contribution in [0.1, 0.15) is 72.0 Å². The van der Waals surface area contributed by atoms with Gasteiger partial charge in [0.25, 0.3) is 5.91 Å². The van der Waals surface area contributed by atoms with E-state index in [1.807, 2.05) is 0 Å². The normalized spacial score (nSPS) is 18.4. The second-order valence-electron chi connectivity index (χ2n) is 9.63. The fourth-order valence-corrected chi connectivity index (χ4v) is 6.63. The molecule has 2 saturated heterocycles. The number of likely N-dealkylation sites (tertiary alicyclic amines) is 1. The number of amides is 1. The van der Waals surface area contributed by atoms with Crippen LogP contribution in [0.2, 0.25) is 0 Å². The second-order valence-corrected chi connectivity index (χ2v) is 11.5. The molecule has 0 spiro atoms. The number of carbonyl (C=O) groups excluding carboxylic acids is 1. The highest BCUT2D eigenvalue weighted by atomic mass is 32.2.